The van der Waals surface area contributed by atoms with Gasteiger partial charge < -0.3 is 4.43 Å². The fourth-order valence-electron chi connectivity index (χ4n) is 3.44. The zero-order chi connectivity index (χ0) is 18.6. The van der Waals surface area contributed by atoms with Gasteiger partial charge in [-0.05, 0) is 43.0 Å². The van der Waals surface area contributed by atoms with Crippen LogP contribution in [0.3, 0.4) is 0 Å². The zero-order valence-corrected chi connectivity index (χ0v) is 18.0. The van der Waals surface area contributed by atoms with E-state index in [0.717, 1.165) is 10.2 Å². The Morgan fingerprint density at radius 1 is 0.846 bits per heavy atom. The Balaban J connectivity index is 2.09. The summed E-state index contributed by atoms with van der Waals surface area (Å²) in [5.41, 5.74) is 1.08. The molecular weight excluding hydrogens is 402 g/mol. The summed E-state index contributed by atoms with van der Waals surface area (Å²) in [6.45, 7) is 7.42. The van der Waals surface area contributed by atoms with Gasteiger partial charge in [-0.25, -0.2) is 4.98 Å². The molecule has 0 aliphatic rings. The van der Waals surface area contributed by atoms with E-state index in [1.165, 1.54) is 10.4 Å². The first-order chi connectivity index (χ1) is 12.4. The van der Waals surface area contributed by atoms with Crippen molar-refractivity contribution in [3.8, 4) is 0 Å². The van der Waals surface area contributed by atoms with E-state index >= 15 is 0 Å². The van der Waals surface area contributed by atoms with Gasteiger partial charge in [-0.1, -0.05) is 87.5 Å². The van der Waals surface area contributed by atoms with Gasteiger partial charge in [0.05, 0.1) is 6.61 Å². The fourth-order valence-corrected chi connectivity index (χ4v) is 8.22. The highest BCUT2D eigenvalue weighted by molar-refractivity contribution is 9.10. The first kappa shape index (κ1) is 19.0. The molecule has 0 atom stereocenters. The molecule has 4 heteroatoms. The number of aromatic nitrogens is 1. The molecule has 0 amide bonds. The molecule has 0 spiro atoms. The second kappa shape index (κ2) is 7.87. The first-order valence-corrected chi connectivity index (χ1v) is 11.5. The van der Waals surface area contributed by atoms with Gasteiger partial charge in [0, 0.05) is 6.20 Å². The molecule has 2 aromatic carbocycles. The normalized spacial score (nSPS) is 12.2. The van der Waals surface area contributed by atoms with Crippen molar-refractivity contribution in [3.63, 3.8) is 0 Å². The van der Waals surface area contributed by atoms with Crippen LogP contribution in [-0.2, 0) is 11.0 Å². The van der Waals surface area contributed by atoms with Crippen LogP contribution in [-0.4, -0.2) is 13.3 Å². The standard InChI is InChI=1S/C22H24BrNOSi/c1-22(2,3)26(19-10-6-4-7-11-19,20-12-8-5-9-13-20)25-17-18-14-15-21(23)24-16-18/h4-16H,17H2,1-3H3. The Morgan fingerprint density at radius 3 is 1.81 bits per heavy atom. The molecule has 0 aliphatic carbocycles. The van der Waals surface area contributed by atoms with Crippen molar-refractivity contribution in [2.24, 2.45) is 0 Å². The molecule has 26 heavy (non-hydrogen) atoms. The summed E-state index contributed by atoms with van der Waals surface area (Å²) < 4.78 is 7.72. The topological polar surface area (TPSA) is 22.1 Å². The maximum atomic E-state index is 6.88. The number of rotatable bonds is 5. The molecule has 0 unspecified atom stereocenters. The van der Waals surface area contributed by atoms with Crippen LogP contribution in [0.4, 0.5) is 0 Å². The lowest BCUT2D eigenvalue weighted by Crippen LogP contribution is -2.66. The molecule has 3 rings (SSSR count). The van der Waals surface area contributed by atoms with Crippen molar-refractivity contribution >= 4 is 34.6 Å². The predicted molar refractivity (Wildman–Crippen MR) is 114 cm³/mol. The highest BCUT2D eigenvalue weighted by Crippen LogP contribution is 2.37. The Labute approximate surface area is 165 Å². The molecule has 2 nitrogen and oxygen atoms in total. The minimum atomic E-state index is -2.49. The second-order valence-electron chi connectivity index (χ2n) is 7.44. The van der Waals surface area contributed by atoms with Gasteiger partial charge in [-0.2, -0.15) is 0 Å². The third-order valence-corrected chi connectivity index (χ3v) is 10.1. The summed E-state index contributed by atoms with van der Waals surface area (Å²) in [4.78, 5) is 4.34. The van der Waals surface area contributed by atoms with Gasteiger partial charge in [-0.3, -0.25) is 0 Å². The summed E-state index contributed by atoms with van der Waals surface area (Å²) in [6.07, 6.45) is 1.88. The van der Waals surface area contributed by atoms with Gasteiger partial charge in [0.15, 0.2) is 0 Å². The van der Waals surface area contributed by atoms with Crippen molar-refractivity contribution in [1.82, 2.24) is 4.98 Å². The van der Waals surface area contributed by atoms with Crippen LogP contribution in [0.2, 0.25) is 5.04 Å². The lowest BCUT2D eigenvalue weighted by atomic mass is 10.2. The van der Waals surface area contributed by atoms with E-state index in [1.54, 1.807) is 0 Å². The lowest BCUT2D eigenvalue weighted by molar-refractivity contribution is 0.286. The summed E-state index contributed by atoms with van der Waals surface area (Å²) in [5.74, 6) is 0. The zero-order valence-electron chi connectivity index (χ0n) is 15.4. The quantitative estimate of drug-likeness (QED) is 0.427. The van der Waals surface area contributed by atoms with Crippen molar-refractivity contribution in [2.45, 2.75) is 32.4 Å². The first-order valence-electron chi connectivity index (χ1n) is 8.79. The van der Waals surface area contributed by atoms with Gasteiger partial charge in [0.1, 0.15) is 4.60 Å². The third kappa shape index (κ3) is 3.82. The number of hydrogen-bond donors (Lipinski definition) is 0. The second-order valence-corrected chi connectivity index (χ2v) is 12.6. The van der Waals surface area contributed by atoms with E-state index in [9.17, 15) is 0 Å². The Kier molecular flexibility index (Phi) is 5.75. The van der Waals surface area contributed by atoms with Crippen LogP contribution in [0.1, 0.15) is 26.3 Å². The number of halogens is 1. The molecule has 0 radical (unpaired) electrons. The SMILES string of the molecule is CC(C)(C)[Si](OCc1ccc(Br)nc1)(c1ccccc1)c1ccccc1. The molecule has 0 saturated carbocycles. The van der Waals surface area contributed by atoms with Crippen LogP contribution in [0.15, 0.2) is 83.6 Å². The van der Waals surface area contributed by atoms with Crippen LogP contribution in [0.25, 0.3) is 0 Å². The van der Waals surface area contributed by atoms with E-state index in [0.29, 0.717) is 6.61 Å². The maximum absolute atomic E-state index is 6.88. The van der Waals surface area contributed by atoms with E-state index in [4.69, 9.17) is 4.43 Å². The van der Waals surface area contributed by atoms with E-state index < -0.39 is 8.32 Å². The van der Waals surface area contributed by atoms with Crippen LogP contribution >= 0.6 is 15.9 Å². The maximum Gasteiger partial charge on any atom is 0.261 e. The number of nitrogens with zero attached hydrogens (tertiary/aromatic N) is 1. The minimum Gasteiger partial charge on any atom is -0.403 e. The highest BCUT2D eigenvalue weighted by Gasteiger charge is 2.50. The van der Waals surface area contributed by atoms with Crippen molar-refractivity contribution in [1.29, 1.82) is 0 Å². The van der Waals surface area contributed by atoms with E-state index in [-0.39, 0.29) is 5.04 Å². The number of benzene rings is 2. The predicted octanol–water partition coefficient (Wildman–Crippen LogP) is 4.92. The van der Waals surface area contributed by atoms with Crippen molar-refractivity contribution < 1.29 is 4.43 Å². The molecule has 0 aliphatic heterocycles. The van der Waals surface area contributed by atoms with Crippen LogP contribution in [0, 0.1) is 0 Å². The highest BCUT2D eigenvalue weighted by atomic mass is 79.9. The average molecular weight is 426 g/mol. The number of hydrogen-bond acceptors (Lipinski definition) is 2. The average Bonchev–Trinajstić information content (AvgIpc) is 2.64. The summed E-state index contributed by atoms with van der Waals surface area (Å²) >= 11 is 3.40. The van der Waals surface area contributed by atoms with Gasteiger partial charge in [-0.15, -0.1) is 0 Å². The summed E-state index contributed by atoms with van der Waals surface area (Å²) in [6, 6.07) is 25.4. The Hall–Kier alpha value is -1.75. The monoisotopic (exact) mass is 425 g/mol. The van der Waals surface area contributed by atoms with E-state index in [1.807, 2.05) is 12.3 Å². The largest absolute Gasteiger partial charge is 0.403 e. The summed E-state index contributed by atoms with van der Waals surface area (Å²) in [5, 5.41) is 2.57. The number of pyridine rings is 1. The molecule has 0 saturated heterocycles. The fraction of sp³-hybridized carbons (Fsp3) is 0.227. The lowest BCUT2D eigenvalue weighted by Gasteiger charge is -2.43. The minimum absolute atomic E-state index is 0.0154. The van der Waals surface area contributed by atoms with Gasteiger partial charge >= 0.3 is 0 Å². The Morgan fingerprint density at radius 2 is 1.38 bits per heavy atom. The van der Waals surface area contributed by atoms with Crippen LogP contribution in [0.5, 0.6) is 0 Å². The van der Waals surface area contributed by atoms with Crippen molar-refractivity contribution in [3.05, 3.63) is 89.2 Å². The van der Waals surface area contributed by atoms with Gasteiger partial charge in [0.25, 0.3) is 8.32 Å². The molecule has 0 fully saturated rings. The summed E-state index contributed by atoms with van der Waals surface area (Å²) in [7, 11) is -2.49. The van der Waals surface area contributed by atoms with Gasteiger partial charge in [0.2, 0.25) is 0 Å². The van der Waals surface area contributed by atoms with E-state index in [2.05, 4.69) is 108 Å². The molecule has 0 N–H and O–H groups in total. The molecule has 1 aromatic heterocycles. The van der Waals surface area contributed by atoms with Crippen molar-refractivity contribution in [2.75, 3.05) is 0 Å². The molecule has 3 aromatic rings. The molecule has 1 heterocycles. The molecular formula is C22H24BrNOSi. The Bertz CT molecular complexity index is 790. The van der Waals surface area contributed by atoms with Crippen LogP contribution < -0.4 is 10.4 Å². The molecule has 0 bridgehead atoms. The smallest absolute Gasteiger partial charge is 0.261 e. The molecule has 134 valence electrons. The third-order valence-electron chi connectivity index (χ3n) is 4.66.